The molecule has 0 spiro atoms. The summed E-state index contributed by atoms with van der Waals surface area (Å²) in [5, 5.41) is 2.81. The fourth-order valence-electron chi connectivity index (χ4n) is 2.24. The van der Waals surface area contributed by atoms with Gasteiger partial charge in [-0.1, -0.05) is 30.3 Å². The predicted molar refractivity (Wildman–Crippen MR) is 91.6 cm³/mol. The summed E-state index contributed by atoms with van der Waals surface area (Å²) in [6.07, 6.45) is 2.45. The van der Waals surface area contributed by atoms with Gasteiger partial charge in [-0.05, 0) is 36.6 Å². The number of carbonyl (C=O) groups excluding carboxylic acids is 2. The zero-order valence-corrected chi connectivity index (χ0v) is 13.7. The highest BCUT2D eigenvalue weighted by molar-refractivity contribution is 5.81. The minimum Gasteiger partial charge on any atom is -0.497 e. The van der Waals surface area contributed by atoms with Gasteiger partial charge < -0.3 is 14.8 Å². The molecule has 0 atom stereocenters. The number of amides is 1. The van der Waals surface area contributed by atoms with Crippen molar-refractivity contribution in [3.63, 3.8) is 0 Å². The molecule has 126 valence electrons. The summed E-state index contributed by atoms with van der Waals surface area (Å²) in [6.45, 7) is 0.457. The van der Waals surface area contributed by atoms with Crippen LogP contribution in [0.1, 0.15) is 22.3 Å². The van der Waals surface area contributed by atoms with Crippen LogP contribution in [0.2, 0.25) is 0 Å². The van der Waals surface area contributed by atoms with Crippen molar-refractivity contribution in [3.05, 3.63) is 59.7 Å². The lowest BCUT2D eigenvalue weighted by Gasteiger charge is -2.10. The molecule has 1 N–H and O–H groups in total. The molecule has 5 heteroatoms. The van der Waals surface area contributed by atoms with Gasteiger partial charge in [0.2, 0.25) is 0 Å². The van der Waals surface area contributed by atoms with Crippen LogP contribution in [0, 0.1) is 0 Å². The molecule has 2 aromatic rings. The molecule has 0 aliphatic heterocycles. The Morgan fingerprint density at radius 2 is 1.96 bits per heavy atom. The fourth-order valence-corrected chi connectivity index (χ4v) is 2.24. The van der Waals surface area contributed by atoms with Gasteiger partial charge in [-0.25, -0.2) is 0 Å². The fraction of sp³-hybridized carbons (Fsp3) is 0.263. The van der Waals surface area contributed by atoms with E-state index in [1.54, 1.807) is 18.2 Å². The molecular weight excluding hydrogens is 306 g/mol. The Balaban J connectivity index is 1.72. The maximum Gasteiger partial charge on any atom is 0.257 e. The second kappa shape index (κ2) is 9.35. The summed E-state index contributed by atoms with van der Waals surface area (Å²) in [5.41, 5.74) is 1.60. The van der Waals surface area contributed by atoms with Crippen LogP contribution in [-0.2, 0) is 11.2 Å². The minimum absolute atomic E-state index is 0.126. The lowest BCUT2D eigenvalue weighted by Crippen LogP contribution is -2.30. The lowest BCUT2D eigenvalue weighted by molar-refractivity contribution is -0.123. The van der Waals surface area contributed by atoms with Crippen LogP contribution in [0.4, 0.5) is 0 Å². The third-order valence-corrected chi connectivity index (χ3v) is 3.51. The third-order valence-electron chi connectivity index (χ3n) is 3.51. The van der Waals surface area contributed by atoms with E-state index in [4.69, 9.17) is 9.47 Å². The Morgan fingerprint density at radius 1 is 1.17 bits per heavy atom. The minimum atomic E-state index is -0.212. The van der Waals surface area contributed by atoms with Gasteiger partial charge >= 0.3 is 0 Å². The number of rotatable bonds is 9. The maximum atomic E-state index is 11.8. The Labute approximate surface area is 141 Å². The Bertz CT molecular complexity index is 670. The van der Waals surface area contributed by atoms with Crippen LogP contribution >= 0.6 is 0 Å². The highest BCUT2D eigenvalue weighted by Crippen LogP contribution is 2.22. The summed E-state index contributed by atoms with van der Waals surface area (Å²) in [6, 6.07) is 15.0. The first-order valence-electron chi connectivity index (χ1n) is 7.79. The van der Waals surface area contributed by atoms with Crippen molar-refractivity contribution in [2.45, 2.75) is 12.8 Å². The summed E-state index contributed by atoms with van der Waals surface area (Å²) >= 11 is 0. The van der Waals surface area contributed by atoms with E-state index in [0.717, 1.165) is 12.8 Å². The number of hydrogen-bond acceptors (Lipinski definition) is 4. The number of aryl methyl sites for hydroxylation is 1. The number of benzene rings is 2. The molecule has 0 bridgehead atoms. The molecule has 24 heavy (non-hydrogen) atoms. The first-order chi connectivity index (χ1) is 11.7. The normalized spacial score (nSPS) is 10.0. The molecule has 0 aliphatic carbocycles. The third kappa shape index (κ3) is 5.43. The van der Waals surface area contributed by atoms with E-state index in [9.17, 15) is 9.59 Å². The van der Waals surface area contributed by atoms with Crippen molar-refractivity contribution in [1.29, 1.82) is 0 Å². The standard InChI is InChI=1S/C19H21NO4/c1-23-17-9-10-18(16(12-17)13-21)24-14-19(22)20-11-5-8-15-6-3-2-4-7-15/h2-4,6-7,9-10,12-13H,5,8,11,14H2,1H3,(H,20,22). The van der Waals surface area contributed by atoms with E-state index in [-0.39, 0.29) is 12.5 Å². The number of aldehydes is 1. The molecule has 0 saturated heterocycles. The second-order valence-electron chi connectivity index (χ2n) is 5.25. The molecule has 0 heterocycles. The lowest BCUT2D eigenvalue weighted by atomic mass is 10.1. The largest absolute Gasteiger partial charge is 0.497 e. The average Bonchev–Trinajstić information content (AvgIpc) is 2.64. The van der Waals surface area contributed by atoms with Gasteiger partial charge in [0.1, 0.15) is 11.5 Å². The van der Waals surface area contributed by atoms with Crippen molar-refractivity contribution >= 4 is 12.2 Å². The molecule has 2 rings (SSSR count). The van der Waals surface area contributed by atoms with Crippen molar-refractivity contribution in [3.8, 4) is 11.5 Å². The monoisotopic (exact) mass is 327 g/mol. The highest BCUT2D eigenvalue weighted by atomic mass is 16.5. The van der Waals surface area contributed by atoms with Gasteiger partial charge in [0.15, 0.2) is 12.9 Å². The van der Waals surface area contributed by atoms with Crippen LogP contribution in [0.25, 0.3) is 0 Å². The molecule has 0 aromatic heterocycles. The zero-order valence-electron chi connectivity index (χ0n) is 13.7. The van der Waals surface area contributed by atoms with Crippen molar-refractivity contribution in [2.75, 3.05) is 20.3 Å². The van der Waals surface area contributed by atoms with E-state index < -0.39 is 0 Å². The van der Waals surface area contributed by atoms with E-state index in [1.165, 1.54) is 12.7 Å². The van der Waals surface area contributed by atoms with Gasteiger partial charge in [0, 0.05) is 6.54 Å². The topological polar surface area (TPSA) is 64.6 Å². The summed E-state index contributed by atoms with van der Waals surface area (Å²) in [4.78, 5) is 22.9. The predicted octanol–water partition coefficient (Wildman–Crippen LogP) is 2.64. The molecule has 0 unspecified atom stereocenters. The number of methoxy groups -OCH3 is 1. The highest BCUT2D eigenvalue weighted by Gasteiger charge is 2.08. The Hall–Kier alpha value is -2.82. The molecule has 2 aromatic carbocycles. The molecule has 0 aliphatic rings. The Morgan fingerprint density at radius 3 is 2.67 bits per heavy atom. The van der Waals surface area contributed by atoms with Crippen molar-refractivity contribution in [1.82, 2.24) is 5.32 Å². The molecule has 5 nitrogen and oxygen atoms in total. The maximum absolute atomic E-state index is 11.8. The van der Waals surface area contributed by atoms with Gasteiger partial charge in [-0.15, -0.1) is 0 Å². The Kier molecular flexibility index (Phi) is 6.83. The summed E-state index contributed by atoms with van der Waals surface area (Å²) in [5.74, 6) is 0.718. The molecule has 0 fully saturated rings. The second-order valence-corrected chi connectivity index (χ2v) is 5.25. The summed E-state index contributed by atoms with van der Waals surface area (Å²) in [7, 11) is 1.52. The van der Waals surface area contributed by atoms with Crippen LogP contribution in [-0.4, -0.2) is 32.5 Å². The van der Waals surface area contributed by atoms with E-state index in [2.05, 4.69) is 17.4 Å². The van der Waals surface area contributed by atoms with Gasteiger partial charge in [-0.2, -0.15) is 0 Å². The number of carbonyl (C=O) groups is 2. The van der Waals surface area contributed by atoms with Gasteiger partial charge in [-0.3, -0.25) is 9.59 Å². The van der Waals surface area contributed by atoms with Crippen molar-refractivity contribution < 1.29 is 19.1 Å². The summed E-state index contributed by atoms with van der Waals surface area (Å²) < 4.78 is 10.5. The zero-order chi connectivity index (χ0) is 17.2. The average molecular weight is 327 g/mol. The number of nitrogens with one attached hydrogen (secondary N) is 1. The molecule has 0 saturated carbocycles. The first kappa shape index (κ1) is 17.5. The first-order valence-corrected chi connectivity index (χ1v) is 7.79. The smallest absolute Gasteiger partial charge is 0.257 e. The van der Waals surface area contributed by atoms with Crippen LogP contribution in [0.15, 0.2) is 48.5 Å². The van der Waals surface area contributed by atoms with Gasteiger partial charge in [0.25, 0.3) is 5.91 Å². The van der Waals surface area contributed by atoms with Crippen molar-refractivity contribution in [2.24, 2.45) is 0 Å². The van der Waals surface area contributed by atoms with Crippen LogP contribution < -0.4 is 14.8 Å². The van der Waals surface area contributed by atoms with Crippen LogP contribution in [0.5, 0.6) is 11.5 Å². The quantitative estimate of drug-likeness (QED) is 0.568. The molecule has 0 radical (unpaired) electrons. The number of hydrogen-bond donors (Lipinski definition) is 1. The SMILES string of the molecule is COc1ccc(OCC(=O)NCCCc2ccccc2)c(C=O)c1. The van der Waals surface area contributed by atoms with E-state index >= 15 is 0 Å². The van der Waals surface area contributed by atoms with E-state index in [1.807, 2.05) is 18.2 Å². The number of ether oxygens (including phenoxy) is 2. The van der Waals surface area contributed by atoms with Crippen LogP contribution in [0.3, 0.4) is 0 Å². The molecular formula is C19H21NO4. The van der Waals surface area contributed by atoms with E-state index in [0.29, 0.717) is 29.9 Å². The molecule has 1 amide bonds. The van der Waals surface area contributed by atoms with Gasteiger partial charge in [0.05, 0.1) is 12.7 Å².